The number of nitrogens with two attached hydrogens (primary N) is 1. The molecule has 2 heterocycles. The highest BCUT2D eigenvalue weighted by atomic mass is 15.2. The fraction of sp³-hybridized carbons (Fsp3) is 0.643. The van der Waals surface area contributed by atoms with E-state index in [1.807, 2.05) is 6.92 Å². The number of pyridine rings is 1. The van der Waals surface area contributed by atoms with E-state index in [-0.39, 0.29) is 0 Å². The fourth-order valence-corrected chi connectivity index (χ4v) is 2.70. The molecular weight excluding hydrogens is 210 g/mol. The van der Waals surface area contributed by atoms with Crippen LogP contribution in [0.3, 0.4) is 0 Å². The molecule has 0 amide bonds. The summed E-state index contributed by atoms with van der Waals surface area (Å²) in [6.45, 7) is 8.37. The van der Waals surface area contributed by atoms with Crippen LogP contribution < -0.4 is 10.6 Å². The predicted molar refractivity (Wildman–Crippen MR) is 72.1 cm³/mol. The first kappa shape index (κ1) is 12.4. The topological polar surface area (TPSA) is 42.2 Å². The van der Waals surface area contributed by atoms with Crippen LogP contribution >= 0.6 is 0 Å². The minimum Gasteiger partial charge on any atom is -0.354 e. The Balaban J connectivity index is 2.19. The Morgan fingerprint density at radius 2 is 2.18 bits per heavy atom. The van der Waals surface area contributed by atoms with Crippen molar-refractivity contribution >= 4 is 5.82 Å². The van der Waals surface area contributed by atoms with Gasteiger partial charge in [0.25, 0.3) is 0 Å². The molecule has 0 aromatic carbocycles. The van der Waals surface area contributed by atoms with E-state index in [1.165, 1.54) is 12.8 Å². The van der Waals surface area contributed by atoms with Gasteiger partial charge in [0.2, 0.25) is 0 Å². The van der Waals surface area contributed by atoms with Crippen molar-refractivity contribution in [3.8, 4) is 0 Å². The largest absolute Gasteiger partial charge is 0.354 e. The van der Waals surface area contributed by atoms with Crippen molar-refractivity contribution in [1.29, 1.82) is 0 Å². The van der Waals surface area contributed by atoms with Crippen LogP contribution in [-0.2, 0) is 6.54 Å². The number of rotatable bonds is 2. The summed E-state index contributed by atoms with van der Waals surface area (Å²) in [6.07, 6.45) is 2.53. The lowest BCUT2D eigenvalue weighted by Gasteiger charge is -2.37. The highest BCUT2D eigenvalue weighted by molar-refractivity contribution is 5.43. The van der Waals surface area contributed by atoms with Gasteiger partial charge in [0, 0.05) is 24.8 Å². The average Bonchev–Trinajstić information content (AvgIpc) is 2.29. The van der Waals surface area contributed by atoms with Gasteiger partial charge in [0.05, 0.1) is 0 Å². The second kappa shape index (κ2) is 5.05. The molecule has 2 rings (SSSR count). The van der Waals surface area contributed by atoms with Gasteiger partial charge >= 0.3 is 0 Å². The average molecular weight is 233 g/mol. The molecule has 2 unspecified atom stereocenters. The van der Waals surface area contributed by atoms with Gasteiger partial charge in [-0.25, -0.2) is 4.98 Å². The van der Waals surface area contributed by atoms with Crippen molar-refractivity contribution in [3.63, 3.8) is 0 Å². The molecule has 1 aliphatic heterocycles. The summed E-state index contributed by atoms with van der Waals surface area (Å²) in [5, 5.41) is 0. The number of aryl methyl sites for hydroxylation is 1. The number of nitrogens with zero attached hydrogens (tertiary/aromatic N) is 2. The first-order valence-electron chi connectivity index (χ1n) is 6.55. The Labute approximate surface area is 104 Å². The summed E-state index contributed by atoms with van der Waals surface area (Å²) in [4.78, 5) is 7.11. The standard InChI is InChI=1S/C14H23N3/c1-10-6-7-17(11(2)8-10)14-5-4-13(9-15)12(3)16-14/h4-5,10-11H,6-9,15H2,1-3H3. The van der Waals surface area contributed by atoms with Gasteiger partial charge in [-0.2, -0.15) is 0 Å². The second-order valence-electron chi connectivity index (χ2n) is 5.29. The Morgan fingerprint density at radius 1 is 1.41 bits per heavy atom. The Morgan fingerprint density at radius 3 is 2.76 bits per heavy atom. The third kappa shape index (κ3) is 2.60. The van der Waals surface area contributed by atoms with Gasteiger partial charge in [0.1, 0.15) is 5.82 Å². The maximum Gasteiger partial charge on any atom is 0.129 e. The molecule has 2 N–H and O–H groups in total. The van der Waals surface area contributed by atoms with Crippen molar-refractivity contribution in [3.05, 3.63) is 23.4 Å². The molecule has 3 heteroatoms. The van der Waals surface area contributed by atoms with Gasteiger partial charge in [-0.3, -0.25) is 0 Å². The molecule has 0 radical (unpaired) electrons. The Bertz CT molecular complexity index is 389. The first-order valence-corrected chi connectivity index (χ1v) is 6.55. The number of piperidine rings is 1. The lowest BCUT2D eigenvalue weighted by molar-refractivity contribution is 0.376. The zero-order chi connectivity index (χ0) is 12.4. The summed E-state index contributed by atoms with van der Waals surface area (Å²) >= 11 is 0. The van der Waals surface area contributed by atoms with Crippen LogP contribution in [0.2, 0.25) is 0 Å². The molecular formula is C14H23N3. The maximum atomic E-state index is 5.67. The number of hydrogen-bond donors (Lipinski definition) is 1. The normalized spacial score (nSPS) is 25.1. The second-order valence-corrected chi connectivity index (χ2v) is 5.29. The van der Waals surface area contributed by atoms with Gasteiger partial charge < -0.3 is 10.6 Å². The Kier molecular flexibility index (Phi) is 3.67. The van der Waals surface area contributed by atoms with E-state index in [0.29, 0.717) is 12.6 Å². The van der Waals surface area contributed by atoms with Crippen molar-refractivity contribution in [2.45, 2.75) is 46.2 Å². The number of anilines is 1. The van der Waals surface area contributed by atoms with Crippen LogP contribution in [-0.4, -0.2) is 17.6 Å². The molecule has 2 atom stereocenters. The highest BCUT2D eigenvalue weighted by Gasteiger charge is 2.23. The quantitative estimate of drug-likeness (QED) is 0.853. The maximum absolute atomic E-state index is 5.67. The summed E-state index contributed by atoms with van der Waals surface area (Å²) < 4.78 is 0. The number of hydrogen-bond acceptors (Lipinski definition) is 3. The summed E-state index contributed by atoms with van der Waals surface area (Å²) in [7, 11) is 0. The molecule has 94 valence electrons. The SMILES string of the molecule is Cc1nc(N2CCC(C)CC2C)ccc1CN. The molecule has 1 aliphatic rings. The summed E-state index contributed by atoms with van der Waals surface area (Å²) in [5.41, 5.74) is 7.88. The van der Waals surface area contributed by atoms with Crippen LogP contribution in [0, 0.1) is 12.8 Å². The molecule has 1 aromatic heterocycles. The molecule has 0 bridgehead atoms. The zero-order valence-corrected chi connectivity index (χ0v) is 11.1. The van der Waals surface area contributed by atoms with Crippen LogP contribution in [0.15, 0.2) is 12.1 Å². The van der Waals surface area contributed by atoms with Crippen LogP contribution in [0.25, 0.3) is 0 Å². The fourth-order valence-electron chi connectivity index (χ4n) is 2.70. The molecule has 0 spiro atoms. The van der Waals surface area contributed by atoms with Gasteiger partial charge in [-0.1, -0.05) is 13.0 Å². The molecule has 1 fully saturated rings. The van der Waals surface area contributed by atoms with Gasteiger partial charge in [-0.15, -0.1) is 0 Å². The molecule has 0 saturated carbocycles. The van der Waals surface area contributed by atoms with Crippen molar-refractivity contribution in [2.24, 2.45) is 11.7 Å². The zero-order valence-electron chi connectivity index (χ0n) is 11.1. The van der Waals surface area contributed by atoms with Gasteiger partial charge in [0.15, 0.2) is 0 Å². The van der Waals surface area contributed by atoms with Gasteiger partial charge in [-0.05, 0) is 44.2 Å². The third-order valence-corrected chi connectivity index (χ3v) is 3.83. The predicted octanol–water partition coefficient (Wildman–Crippen LogP) is 2.47. The molecule has 0 aliphatic carbocycles. The van der Waals surface area contributed by atoms with Crippen LogP contribution in [0.1, 0.15) is 37.9 Å². The minimum absolute atomic E-state index is 0.575. The highest BCUT2D eigenvalue weighted by Crippen LogP contribution is 2.26. The Hall–Kier alpha value is -1.09. The summed E-state index contributed by atoms with van der Waals surface area (Å²) in [6, 6.07) is 4.82. The van der Waals surface area contributed by atoms with E-state index in [4.69, 9.17) is 5.73 Å². The van der Waals surface area contributed by atoms with E-state index < -0.39 is 0 Å². The van der Waals surface area contributed by atoms with E-state index in [1.54, 1.807) is 0 Å². The lowest BCUT2D eigenvalue weighted by atomic mass is 9.93. The number of aromatic nitrogens is 1. The van der Waals surface area contributed by atoms with E-state index in [9.17, 15) is 0 Å². The molecule has 3 nitrogen and oxygen atoms in total. The van der Waals surface area contributed by atoms with Crippen LogP contribution in [0.5, 0.6) is 0 Å². The van der Waals surface area contributed by atoms with Crippen LogP contribution in [0.4, 0.5) is 5.82 Å². The van der Waals surface area contributed by atoms with E-state index in [0.717, 1.165) is 29.5 Å². The smallest absolute Gasteiger partial charge is 0.129 e. The first-order chi connectivity index (χ1) is 8.11. The molecule has 17 heavy (non-hydrogen) atoms. The monoisotopic (exact) mass is 233 g/mol. The third-order valence-electron chi connectivity index (χ3n) is 3.83. The van der Waals surface area contributed by atoms with Crippen molar-refractivity contribution in [1.82, 2.24) is 4.98 Å². The lowest BCUT2D eigenvalue weighted by Crippen LogP contribution is -2.40. The van der Waals surface area contributed by atoms with Crippen molar-refractivity contribution < 1.29 is 0 Å². The summed E-state index contributed by atoms with van der Waals surface area (Å²) in [5.74, 6) is 1.95. The van der Waals surface area contributed by atoms with Crippen molar-refractivity contribution in [2.75, 3.05) is 11.4 Å². The van der Waals surface area contributed by atoms with E-state index in [2.05, 4.69) is 35.9 Å². The molecule has 1 aromatic rings. The van der Waals surface area contributed by atoms with E-state index >= 15 is 0 Å². The minimum atomic E-state index is 0.575. The molecule has 1 saturated heterocycles.